The van der Waals surface area contributed by atoms with Gasteiger partial charge in [-0.2, -0.15) is 0 Å². The van der Waals surface area contributed by atoms with E-state index in [1.165, 1.54) is 6.07 Å². The van der Waals surface area contributed by atoms with E-state index in [9.17, 15) is 8.42 Å². The third kappa shape index (κ3) is 1.66. The Bertz CT molecular complexity index is 854. The maximum absolute atomic E-state index is 11.4. The fraction of sp³-hybridized carbons (Fsp3) is 0. The van der Waals surface area contributed by atoms with Gasteiger partial charge in [0.15, 0.2) is 0 Å². The van der Waals surface area contributed by atoms with E-state index in [2.05, 4.69) is 0 Å². The van der Waals surface area contributed by atoms with Crippen LogP contribution < -0.4 is 5.14 Å². The van der Waals surface area contributed by atoms with Crippen LogP contribution in [0, 0.1) is 0 Å². The van der Waals surface area contributed by atoms with Gasteiger partial charge >= 0.3 is 0 Å². The highest BCUT2D eigenvalue weighted by atomic mass is 32.2. The number of hydrogen-bond acceptors (Lipinski definition) is 2. The van der Waals surface area contributed by atoms with Gasteiger partial charge in [0, 0.05) is 5.39 Å². The molecule has 0 heterocycles. The Balaban J connectivity index is 2.56. The van der Waals surface area contributed by atoms with Gasteiger partial charge in [-0.1, -0.05) is 48.5 Å². The average molecular weight is 256 g/mol. The molecule has 0 fully saturated rings. The molecule has 18 heavy (non-hydrogen) atoms. The molecule has 3 rings (SSSR count). The first-order valence-electron chi connectivity index (χ1n) is 5.47. The van der Waals surface area contributed by atoms with Crippen LogP contribution in [0.25, 0.3) is 21.5 Å². The van der Waals surface area contributed by atoms with Crippen molar-refractivity contribution in [2.24, 2.45) is 0 Å². The summed E-state index contributed by atoms with van der Waals surface area (Å²) in [6.45, 7) is 0. The highest BCUT2D eigenvalue weighted by Crippen LogP contribution is 2.29. The van der Waals surface area contributed by atoms with Crippen molar-refractivity contribution in [2.75, 3.05) is 0 Å². The predicted molar refractivity (Wildman–Crippen MR) is 71.7 cm³/mol. The molecule has 0 saturated heterocycles. The number of nitrogens with one attached hydrogen (secondary N) is 1. The van der Waals surface area contributed by atoms with Gasteiger partial charge in [0.05, 0.1) is 4.90 Å². The molecule has 0 aromatic heterocycles. The van der Waals surface area contributed by atoms with Crippen molar-refractivity contribution in [3.05, 3.63) is 54.6 Å². The van der Waals surface area contributed by atoms with Crippen LogP contribution in [0.5, 0.6) is 0 Å². The smallest absolute Gasteiger partial charge is 0.206 e. The fourth-order valence-electron chi connectivity index (χ4n) is 2.25. The van der Waals surface area contributed by atoms with Crippen LogP contribution in [0.1, 0.15) is 0 Å². The van der Waals surface area contributed by atoms with Crippen LogP contribution >= 0.6 is 0 Å². The lowest BCUT2D eigenvalue weighted by molar-refractivity contribution is 0.597. The van der Waals surface area contributed by atoms with E-state index in [0.717, 1.165) is 16.2 Å². The van der Waals surface area contributed by atoms with E-state index in [4.69, 9.17) is 5.14 Å². The lowest BCUT2D eigenvalue weighted by Gasteiger charge is -2.07. The lowest BCUT2D eigenvalue weighted by atomic mass is 10.0. The Morgan fingerprint density at radius 2 is 1.44 bits per heavy atom. The molecule has 0 aliphatic rings. The summed E-state index contributed by atoms with van der Waals surface area (Å²) in [7, 11) is -3.95. The average Bonchev–Trinajstić information content (AvgIpc) is 2.36. The Labute approximate surface area is 105 Å². The van der Waals surface area contributed by atoms with E-state index in [1.54, 1.807) is 12.1 Å². The third-order valence-electron chi connectivity index (χ3n) is 3.04. The van der Waals surface area contributed by atoms with Gasteiger partial charge in [-0.15, -0.1) is 5.14 Å². The van der Waals surface area contributed by atoms with Crippen molar-refractivity contribution >= 4 is 31.6 Å². The van der Waals surface area contributed by atoms with Crippen LogP contribution in [0.15, 0.2) is 59.5 Å². The summed E-state index contributed by atoms with van der Waals surface area (Å²) in [5, 5.41) is 10.8. The van der Waals surface area contributed by atoms with Crippen molar-refractivity contribution in [1.29, 1.82) is 0 Å². The van der Waals surface area contributed by atoms with Crippen molar-refractivity contribution < 1.29 is 8.42 Å². The maximum Gasteiger partial charge on any atom is 0.254 e. The number of fused-ring (bicyclic) bond motifs is 3. The largest absolute Gasteiger partial charge is 0.254 e. The Hall–Kier alpha value is -1.91. The number of benzene rings is 3. The van der Waals surface area contributed by atoms with E-state index in [-0.39, 0.29) is 4.90 Å². The monoisotopic (exact) mass is 256 g/mol. The van der Waals surface area contributed by atoms with Gasteiger partial charge in [-0.3, -0.25) is 0 Å². The highest BCUT2D eigenvalue weighted by Gasteiger charge is 2.13. The molecule has 3 aromatic carbocycles. The van der Waals surface area contributed by atoms with Gasteiger partial charge < -0.3 is 0 Å². The Morgan fingerprint density at radius 1 is 0.722 bits per heavy atom. The number of rotatable bonds is 1. The minimum atomic E-state index is -3.95. The van der Waals surface area contributed by atoms with Crippen molar-refractivity contribution in [3.8, 4) is 0 Å². The van der Waals surface area contributed by atoms with E-state index >= 15 is 0 Å². The van der Waals surface area contributed by atoms with Crippen molar-refractivity contribution in [2.45, 2.75) is 4.90 Å². The van der Waals surface area contributed by atoms with Gasteiger partial charge in [-0.25, -0.2) is 8.42 Å². The van der Waals surface area contributed by atoms with Crippen LogP contribution in [-0.4, -0.2) is 8.42 Å². The van der Waals surface area contributed by atoms with Crippen LogP contribution in [-0.2, 0) is 10.0 Å². The Kier molecular flexibility index (Phi) is 2.36. The molecular formula is C14H10NO2S. The molecule has 0 saturated carbocycles. The molecule has 3 nitrogen and oxygen atoms in total. The molecule has 89 valence electrons. The second-order valence-corrected chi connectivity index (χ2v) is 5.59. The van der Waals surface area contributed by atoms with Gasteiger partial charge in [0.1, 0.15) is 0 Å². The zero-order valence-corrected chi connectivity index (χ0v) is 10.2. The number of hydrogen-bond donors (Lipinski definition) is 0. The van der Waals surface area contributed by atoms with Gasteiger partial charge in [-0.05, 0) is 22.2 Å². The quantitative estimate of drug-likeness (QED) is 0.628. The molecule has 0 amide bonds. The predicted octanol–water partition coefficient (Wildman–Crippen LogP) is 2.96. The summed E-state index contributed by atoms with van der Waals surface area (Å²) in [4.78, 5) is 0.0609. The topological polar surface area (TPSA) is 57.9 Å². The zero-order chi connectivity index (χ0) is 12.8. The van der Waals surface area contributed by atoms with Crippen LogP contribution in [0.4, 0.5) is 0 Å². The molecular weight excluding hydrogens is 246 g/mol. The summed E-state index contributed by atoms with van der Waals surface area (Å²) in [6, 6.07) is 16.5. The molecule has 3 aromatic rings. The van der Waals surface area contributed by atoms with Crippen molar-refractivity contribution in [3.63, 3.8) is 0 Å². The normalized spacial score (nSPS) is 12.1. The number of sulfonamides is 1. The summed E-state index contributed by atoms with van der Waals surface area (Å²) in [6.07, 6.45) is 0. The molecule has 0 atom stereocenters. The first-order valence-corrected chi connectivity index (χ1v) is 6.96. The highest BCUT2D eigenvalue weighted by molar-refractivity contribution is 7.89. The molecule has 0 unspecified atom stereocenters. The molecule has 1 N–H and O–H groups in total. The van der Waals surface area contributed by atoms with E-state index in [0.29, 0.717) is 5.39 Å². The molecule has 0 aliphatic carbocycles. The first-order chi connectivity index (χ1) is 8.57. The van der Waals surface area contributed by atoms with E-state index in [1.807, 2.05) is 36.4 Å². The third-order valence-corrected chi connectivity index (χ3v) is 3.97. The SMILES string of the molecule is [NH]S(=O)(=O)c1cccc2c1ccc1ccccc12. The molecule has 4 heteroatoms. The summed E-state index contributed by atoms with van der Waals surface area (Å²) >= 11 is 0. The van der Waals surface area contributed by atoms with Gasteiger partial charge in [0.2, 0.25) is 0 Å². The summed E-state index contributed by atoms with van der Waals surface area (Å²) < 4.78 is 22.9. The van der Waals surface area contributed by atoms with Crippen LogP contribution in [0.2, 0.25) is 0 Å². The summed E-state index contributed by atoms with van der Waals surface area (Å²) in [5.74, 6) is 0. The minimum Gasteiger partial charge on any atom is -0.206 e. The van der Waals surface area contributed by atoms with Gasteiger partial charge in [0.25, 0.3) is 10.0 Å². The molecule has 0 spiro atoms. The van der Waals surface area contributed by atoms with Crippen molar-refractivity contribution in [1.82, 2.24) is 5.14 Å². The molecule has 0 bridgehead atoms. The zero-order valence-electron chi connectivity index (χ0n) is 9.42. The lowest BCUT2D eigenvalue weighted by Crippen LogP contribution is -2.01. The minimum absolute atomic E-state index is 0.0609. The summed E-state index contributed by atoms with van der Waals surface area (Å²) in [5.41, 5.74) is 0. The Morgan fingerprint density at radius 3 is 2.22 bits per heavy atom. The standard InChI is InChI=1S/C14H10NO2S/c15-18(16,17)14-7-3-6-12-11-5-2-1-4-10(11)8-9-13(12)14/h1-9,15H. The van der Waals surface area contributed by atoms with Crippen LogP contribution in [0.3, 0.4) is 0 Å². The second-order valence-electron chi connectivity index (χ2n) is 4.14. The molecule has 1 radical (unpaired) electrons. The van der Waals surface area contributed by atoms with E-state index < -0.39 is 10.0 Å². The first kappa shape index (κ1) is 11.2. The second kappa shape index (κ2) is 3.80. The fourth-order valence-corrected chi connectivity index (χ4v) is 2.97. The molecule has 0 aliphatic heterocycles. The maximum atomic E-state index is 11.4.